The predicted molar refractivity (Wildman–Crippen MR) is 43.5 cm³/mol. The van der Waals surface area contributed by atoms with E-state index < -0.39 is 16.9 Å². The van der Waals surface area contributed by atoms with Crippen LogP contribution in [0.5, 0.6) is 0 Å². The molecule has 0 radical (unpaired) electrons. The molecule has 7 heteroatoms. The summed E-state index contributed by atoms with van der Waals surface area (Å²) in [7, 11) is 0. The van der Waals surface area contributed by atoms with E-state index in [4.69, 9.17) is 28.4 Å². The lowest BCUT2D eigenvalue weighted by molar-refractivity contribution is 0.0705. The summed E-state index contributed by atoms with van der Waals surface area (Å²) in [4.78, 5) is 14.1. The molecule has 0 aliphatic rings. The molecule has 1 heterocycles. The van der Waals surface area contributed by atoms with E-state index in [9.17, 15) is 9.18 Å². The molecule has 13 heavy (non-hydrogen) atoms. The van der Waals surface area contributed by atoms with Crippen molar-refractivity contribution in [3.8, 4) is 0 Å². The first kappa shape index (κ1) is 10.2. The van der Waals surface area contributed by atoms with Gasteiger partial charge in [0.05, 0.1) is 5.56 Å². The van der Waals surface area contributed by atoms with Crippen LogP contribution in [0.2, 0.25) is 10.3 Å². The minimum absolute atomic E-state index is 0.280. The summed E-state index contributed by atoms with van der Waals surface area (Å²) in [6.07, 6.45) is 0. The van der Waals surface area contributed by atoms with Crippen molar-refractivity contribution < 1.29 is 14.4 Å². The summed E-state index contributed by atoms with van der Waals surface area (Å²) in [5.74, 6) is -1.84. The van der Waals surface area contributed by atoms with Crippen molar-refractivity contribution in [3.05, 3.63) is 27.8 Å². The highest BCUT2D eigenvalue weighted by Crippen LogP contribution is 2.19. The molecule has 0 bridgehead atoms. The minimum Gasteiger partial charge on any atom is -0.288 e. The van der Waals surface area contributed by atoms with Gasteiger partial charge in [0.1, 0.15) is 5.15 Å². The van der Waals surface area contributed by atoms with Crippen LogP contribution in [0.1, 0.15) is 10.4 Å². The molecule has 4 nitrogen and oxygen atoms in total. The fourth-order valence-corrected chi connectivity index (χ4v) is 1.07. The maximum absolute atomic E-state index is 12.7. The first-order valence-electron chi connectivity index (χ1n) is 3.02. The second-order valence-electron chi connectivity index (χ2n) is 2.04. The zero-order valence-electron chi connectivity index (χ0n) is 6.01. The monoisotopic (exact) mass is 224 g/mol. The van der Waals surface area contributed by atoms with Gasteiger partial charge in [-0.05, 0) is 6.07 Å². The van der Waals surface area contributed by atoms with Gasteiger partial charge in [-0.15, -0.1) is 0 Å². The number of nitrogens with zero attached hydrogens (tertiary/aromatic N) is 1. The summed E-state index contributed by atoms with van der Waals surface area (Å²) in [6.45, 7) is 0. The molecule has 0 aromatic carbocycles. The minimum atomic E-state index is -0.951. The summed E-state index contributed by atoms with van der Waals surface area (Å²) in [5.41, 5.74) is 1.01. The maximum Gasteiger partial charge on any atom is 0.277 e. The van der Waals surface area contributed by atoms with E-state index >= 15 is 0 Å². The summed E-state index contributed by atoms with van der Waals surface area (Å²) >= 11 is 10.7. The molecule has 2 N–H and O–H groups in total. The van der Waals surface area contributed by atoms with E-state index in [0.29, 0.717) is 0 Å². The second kappa shape index (κ2) is 3.87. The smallest absolute Gasteiger partial charge is 0.277 e. The zero-order valence-corrected chi connectivity index (χ0v) is 7.53. The Morgan fingerprint density at radius 2 is 2.15 bits per heavy atom. The fourth-order valence-electron chi connectivity index (χ4n) is 0.665. The lowest BCUT2D eigenvalue weighted by Gasteiger charge is -2.01. The molecule has 0 aliphatic carbocycles. The van der Waals surface area contributed by atoms with Crippen LogP contribution in [-0.2, 0) is 0 Å². The SMILES string of the molecule is O=C(NO)c1cc(F)c(Cl)nc1Cl. The van der Waals surface area contributed by atoms with Gasteiger partial charge in [-0.3, -0.25) is 10.0 Å². The highest BCUT2D eigenvalue weighted by atomic mass is 35.5. The molecule has 0 aliphatic heterocycles. The van der Waals surface area contributed by atoms with Crippen molar-refractivity contribution in [2.24, 2.45) is 0 Å². The van der Waals surface area contributed by atoms with Gasteiger partial charge in [0, 0.05) is 0 Å². The van der Waals surface area contributed by atoms with Gasteiger partial charge in [-0.1, -0.05) is 23.2 Å². The molecule has 1 amide bonds. The van der Waals surface area contributed by atoms with Crippen LogP contribution in [-0.4, -0.2) is 16.1 Å². The molecule has 0 atom stereocenters. The largest absolute Gasteiger partial charge is 0.288 e. The lowest BCUT2D eigenvalue weighted by atomic mass is 10.3. The Bertz CT molecular complexity index is 359. The van der Waals surface area contributed by atoms with Crippen LogP contribution in [0.3, 0.4) is 0 Å². The van der Waals surface area contributed by atoms with E-state index in [-0.39, 0.29) is 10.7 Å². The maximum atomic E-state index is 12.7. The third-order valence-electron chi connectivity index (χ3n) is 1.23. The topological polar surface area (TPSA) is 62.2 Å². The van der Waals surface area contributed by atoms with Crippen LogP contribution in [0.25, 0.3) is 0 Å². The van der Waals surface area contributed by atoms with Gasteiger partial charge in [-0.25, -0.2) is 14.9 Å². The van der Waals surface area contributed by atoms with Crippen LogP contribution >= 0.6 is 23.2 Å². The van der Waals surface area contributed by atoms with Crippen molar-refractivity contribution >= 4 is 29.1 Å². The molecular weight excluding hydrogens is 222 g/mol. The number of carbonyl (C=O) groups excluding carboxylic acids is 1. The third-order valence-corrected chi connectivity index (χ3v) is 1.79. The molecule has 1 rings (SSSR count). The summed E-state index contributed by atoms with van der Waals surface area (Å²) in [6, 6.07) is 0.781. The standard InChI is InChI=1S/C6H3Cl2FN2O2/c7-4-2(6(12)11-13)1-3(9)5(8)10-4/h1,13H,(H,11,12). The molecule has 0 fully saturated rings. The molecule has 0 unspecified atom stereocenters. The van der Waals surface area contributed by atoms with Crippen molar-refractivity contribution in [1.82, 2.24) is 10.5 Å². The lowest BCUT2D eigenvalue weighted by Crippen LogP contribution is -2.19. The number of hydrogen-bond acceptors (Lipinski definition) is 3. The van der Waals surface area contributed by atoms with Crippen LogP contribution in [0, 0.1) is 5.82 Å². The van der Waals surface area contributed by atoms with Crippen molar-refractivity contribution in [3.63, 3.8) is 0 Å². The normalized spacial score (nSPS) is 9.85. The number of carbonyl (C=O) groups is 1. The number of aromatic nitrogens is 1. The van der Waals surface area contributed by atoms with E-state index in [1.54, 1.807) is 0 Å². The van der Waals surface area contributed by atoms with Crippen molar-refractivity contribution in [1.29, 1.82) is 0 Å². The van der Waals surface area contributed by atoms with Crippen LogP contribution < -0.4 is 5.48 Å². The van der Waals surface area contributed by atoms with E-state index in [2.05, 4.69) is 4.98 Å². The quantitative estimate of drug-likeness (QED) is 0.434. The molecule has 1 aromatic rings. The van der Waals surface area contributed by atoms with Gasteiger partial charge >= 0.3 is 0 Å². The number of hydroxylamine groups is 1. The molecule has 0 spiro atoms. The number of rotatable bonds is 1. The molecule has 0 saturated carbocycles. The molecule has 0 saturated heterocycles. The molecule has 70 valence electrons. The molecule has 1 aromatic heterocycles. The van der Waals surface area contributed by atoms with Gasteiger partial charge in [0.25, 0.3) is 5.91 Å². The first-order valence-corrected chi connectivity index (χ1v) is 3.78. The first-order chi connectivity index (χ1) is 6.06. The number of amides is 1. The average molecular weight is 225 g/mol. The van der Waals surface area contributed by atoms with E-state index in [0.717, 1.165) is 6.07 Å². The van der Waals surface area contributed by atoms with Crippen molar-refractivity contribution in [2.45, 2.75) is 0 Å². The van der Waals surface area contributed by atoms with Crippen LogP contribution in [0.4, 0.5) is 4.39 Å². The molecular formula is C6H3Cl2FN2O2. The Hall–Kier alpha value is -0.910. The number of pyridine rings is 1. The van der Waals surface area contributed by atoms with Gasteiger partial charge < -0.3 is 0 Å². The van der Waals surface area contributed by atoms with Gasteiger partial charge in [-0.2, -0.15) is 0 Å². The second-order valence-corrected chi connectivity index (χ2v) is 2.76. The third kappa shape index (κ3) is 2.06. The fraction of sp³-hybridized carbons (Fsp3) is 0. The van der Waals surface area contributed by atoms with Crippen molar-refractivity contribution in [2.75, 3.05) is 0 Å². The Kier molecular flexibility index (Phi) is 3.02. The van der Waals surface area contributed by atoms with Gasteiger partial charge in [0.2, 0.25) is 0 Å². The summed E-state index contributed by atoms with van der Waals surface area (Å²) < 4.78 is 12.7. The zero-order chi connectivity index (χ0) is 10.0. The summed E-state index contributed by atoms with van der Waals surface area (Å²) in [5, 5.41) is 7.52. The number of nitrogens with one attached hydrogen (secondary N) is 1. The Morgan fingerprint density at radius 3 is 2.69 bits per heavy atom. The Labute approximate surface area is 82.2 Å². The predicted octanol–water partition coefficient (Wildman–Crippen LogP) is 1.65. The van der Waals surface area contributed by atoms with E-state index in [1.165, 1.54) is 5.48 Å². The highest BCUT2D eigenvalue weighted by Gasteiger charge is 2.14. The van der Waals surface area contributed by atoms with Crippen LogP contribution in [0.15, 0.2) is 6.07 Å². The number of hydrogen-bond donors (Lipinski definition) is 2. The highest BCUT2D eigenvalue weighted by molar-refractivity contribution is 6.34. The number of halogens is 3. The average Bonchev–Trinajstić information content (AvgIpc) is 2.10. The Balaban J connectivity index is 3.23. The Morgan fingerprint density at radius 1 is 1.54 bits per heavy atom. The van der Waals surface area contributed by atoms with E-state index in [1.807, 2.05) is 0 Å². The van der Waals surface area contributed by atoms with Gasteiger partial charge in [0.15, 0.2) is 11.0 Å².